The van der Waals surface area contributed by atoms with Gasteiger partial charge in [-0.3, -0.25) is 9.63 Å². The zero-order chi connectivity index (χ0) is 21.0. The van der Waals surface area contributed by atoms with Crippen molar-refractivity contribution in [2.24, 2.45) is 0 Å². The van der Waals surface area contributed by atoms with E-state index < -0.39 is 30.1 Å². The maximum atomic E-state index is 12.1. The van der Waals surface area contributed by atoms with Crippen LogP contribution in [0.25, 0.3) is 11.1 Å². The van der Waals surface area contributed by atoms with E-state index in [-0.39, 0.29) is 12.5 Å². The van der Waals surface area contributed by atoms with Crippen LogP contribution in [0.1, 0.15) is 30.9 Å². The number of alkyl carbamates (subject to hydrolysis) is 1. The number of hydrogen-bond acceptors (Lipinski definition) is 5. The van der Waals surface area contributed by atoms with Gasteiger partial charge in [0, 0.05) is 5.92 Å². The number of hydrogen-bond donors (Lipinski definition) is 3. The van der Waals surface area contributed by atoms with Crippen LogP contribution in [0, 0.1) is 0 Å². The van der Waals surface area contributed by atoms with Crippen molar-refractivity contribution >= 4 is 18.0 Å². The van der Waals surface area contributed by atoms with Crippen LogP contribution in [0.4, 0.5) is 4.79 Å². The number of carbonyl (C=O) groups excluding carboxylic acids is 2. The van der Waals surface area contributed by atoms with E-state index in [9.17, 15) is 14.4 Å². The lowest BCUT2D eigenvalue weighted by molar-refractivity contribution is -0.159. The molecule has 8 heteroatoms. The van der Waals surface area contributed by atoms with Gasteiger partial charge in [0.2, 0.25) is 0 Å². The first-order valence-corrected chi connectivity index (χ1v) is 9.18. The molecule has 2 amide bonds. The number of carboxylic acid groups (broad SMARTS) is 1. The number of fused-ring (bicyclic) bond motifs is 3. The molecular weight excluding hydrogens is 376 g/mol. The first kappa shape index (κ1) is 20.3. The van der Waals surface area contributed by atoms with Crippen LogP contribution in [-0.2, 0) is 19.2 Å². The summed E-state index contributed by atoms with van der Waals surface area (Å²) in [6, 6.07) is 15.0. The molecule has 2 aromatic rings. The molecule has 2 unspecified atom stereocenters. The molecule has 8 nitrogen and oxygen atoms in total. The van der Waals surface area contributed by atoms with Gasteiger partial charge in [-0.1, -0.05) is 48.5 Å². The number of ether oxygens (including phenoxy) is 1. The standard InChI is InChI=1S/C21H22N2O6/c1-12(19(24)23-29-13(2)20(25)26)22-21(27)28-11-18-16-9-5-3-7-14(16)15-8-4-6-10-17(15)18/h3-10,12-13,18H,11H2,1-2H3,(H,22,27)(H,23,24)(H,25,26). The topological polar surface area (TPSA) is 114 Å². The number of amides is 2. The normalized spacial score (nSPS) is 14.3. The maximum absolute atomic E-state index is 12.1. The average Bonchev–Trinajstić information content (AvgIpc) is 3.04. The van der Waals surface area contributed by atoms with Crippen LogP contribution < -0.4 is 10.8 Å². The lowest BCUT2D eigenvalue weighted by atomic mass is 9.98. The fraction of sp³-hybridized carbons (Fsp3) is 0.286. The maximum Gasteiger partial charge on any atom is 0.407 e. The molecule has 0 saturated heterocycles. The third-order valence-corrected chi connectivity index (χ3v) is 4.76. The van der Waals surface area contributed by atoms with Crippen molar-refractivity contribution in [3.8, 4) is 11.1 Å². The molecule has 2 atom stereocenters. The number of carboxylic acids is 1. The minimum Gasteiger partial charge on any atom is -0.479 e. The summed E-state index contributed by atoms with van der Waals surface area (Å²) in [5, 5.41) is 11.1. The summed E-state index contributed by atoms with van der Waals surface area (Å²) in [5.74, 6) is -1.99. The Balaban J connectivity index is 1.56. The number of nitrogens with one attached hydrogen (secondary N) is 2. The molecule has 0 aliphatic heterocycles. The molecule has 152 valence electrons. The van der Waals surface area contributed by atoms with Gasteiger partial charge in [-0.05, 0) is 36.1 Å². The van der Waals surface area contributed by atoms with Crippen molar-refractivity contribution in [2.75, 3.05) is 6.61 Å². The smallest absolute Gasteiger partial charge is 0.407 e. The van der Waals surface area contributed by atoms with Crippen LogP contribution in [0.15, 0.2) is 48.5 Å². The molecule has 3 N–H and O–H groups in total. The van der Waals surface area contributed by atoms with E-state index in [1.165, 1.54) is 13.8 Å². The summed E-state index contributed by atoms with van der Waals surface area (Å²) < 4.78 is 5.36. The highest BCUT2D eigenvalue weighted by atomic mass is 16.7. The number of rotatable bonds is 7. The van der Waals surface area contributed by atoms with E-state index in [1.54, 1.807) is 0 Å². The second-order valence-corrected chi connectivity index (χ2v) is 6.76. The van der Waals surface area contributed by atoms with Gasteiger partial charge < -0.3 is 15.2 Å². The van der Waals surface area contributed by atoms with E-state index in [1.807, 2.05) is 54.0 Å². The van der Waals surface area contributed by atoms with Gasteiger partial charge in [-0.15, -0.1) is 0 Å². The minimum atomic E-state index is -1.22. The van der Waals surface area contributed by atoms with Gasteiger partial charge in [-0.25, -0.2) is 15.1 Å². The molecule has 0 bridgehead atoms. The summed E-state index contributed by atoms with van der Waals surface area (Å²) >= 11 is 0. The van der Waals surface area contributed by atoms with Crippen LogP contribution in [-0.4, -0.2) is 41.8 Å². The minimum absolute atomic E-state index is 0.0861. The van der Waals surface area contributed by atoms with Gasteiger partial charge in [0.1, 0.15) is 12.6 Å². The number of carbonyl (C=O) groups is 3. The predicted octanol–water partition coefficient (Wildman–Crippen LogP) is 2.43. The van der Waals surface area contributed by atoms with Crippen molar-refractivity contribution in [1.82, 2.24) is 10.8 Å². The molecular formula is C21H22N2O6. The molecule has 1 aliphatic carbocycles. The predicted molar refractivity (Wildman–Crippen MR) is 104 cm³/mol. The first-order valence-electron chi connectivity index (χ1n) is 9.18. The molecule has 1 aliphatic rings. The molecule has 0 spiro atoms. The van der Waals surface area contributed by atoms with Gasteiger partial charge in [-0.2, -0.15) is 0 Å². The zero-order valence-corrected chi connectivity index (χ0v) is 16.0. The Morgan fingerprint density at radius 3 is 2.10 bits per heavy atom. The molecule has 0 saturated carbocycles. The average molecular weight is 398 g/mol. The SMILES string of the molecule is CC(NC(=O)OCC1c2ccccc2-c2ccccc21)C(=O)NOC(C)C(=O)O. The summed E-state index contributed by atoms with van der Waals surface area (Å²) in [6.45, 7) is 2.83. The molecule has 3 rings (SSSR count). The summed E-state index contributed by atoms with van der Waals surface area (Å²) in [7, 11) is 0. The third kappa shape index (κ3) is 4.55. The number of benzene rings is 2. The fourth-order valence-corrected chi connectivity index (χ4v) is 3.17. The Kier molecular flexibility index (Phi) is 6.13. The van der Waals surface area contributed by atoms with Gasteiger partial charge in [0.25, 0.3) is 5.91 Å². The van der Waals surface area contributed by atoms with Crippen molar-refractivity contribution in [3.63, 3.8) is 0 Å². The van der Waals surface area contributed by atoms with Crippen LogP contribution in [0.3, 0.4) is 0 Å². The second-order valence-electron chi connectivity index (χ2n) is 6.76. The highest BCUT2D eigenvalue weighted by molar-refractivity contribution is 5.85. The monoisotopic (exact) mass is 398 g/mol. The molecule has 0 radical (unpaired) electrons. The van der Waals surface area contributed by atoms with E-state index in [0.29, 0.717) is 0 Å². The van der Waals surface area contributed by atoms with Gasteiger partial charge in [0.15, 0.2) is 6.10 Å². The lowest BCUT2D eigenvalue weighted by Crippen LogP contribution is -2.46. The summed E-state index contributed by atoms with van der Waals surface area (Å²) in [4.78, 5) is 39.4. The van der Waals surface area contributed by atoms with Crippen LogP contribution >= 0.6 is 0 Å². The summed E-state index contributed by atoms with van der Waals surface area (Å²) in [6.07, 6.45) is -1.96. The Morgan fingerprint density at radius 1 is 1.00 bits per heavy atom. The second kappa shape index (κ2) is 8.74. The Hall–Kier alpha value is -3.39. The van der Waals surface area contributed by atoms with E-state index in [0.717, 1.165) is 22.3 Å². The lowest BCUT2D eigenvalue weighted by Gasteiger charge is -2.17. The van der Waals surface area contributed by atoms with Crippen molar-refractivity contribution in [1.29, 1.82) is 0 Å². The molecule has 0 aromatic heterocycles. The van der Waals surface area contributed by atoms with Gasteiger partial charge >= 0.3 is 12.1 Å². The third-order valence-electron chi connectivity index (χ3n) is 4.76. The zero-order valence-electron chi connectivity index (χ0n) is 16.0. The summed E-state index contributed by atoms with van der Waals surface area (Å²) in [5.41, 5.74) is 6.41. The molecule has 0 heterocycles. The van der Waals surface area contributed by atoms with Crippen molar-refractivity contribution < 1.29 is 29.1 Å². The Labute approximate surface area is 167 Å². The highest BCUT2D eigenvalue weighted by Crippen LogP contribution is 2.44. The molecule has 0 fully saturated rings. The van der Waals surface area contributed by atoms with Gasteiger partial charge in [0.05, 0.1) is 0 Å². The quantitative estimate of drug-likeness (QED) is 0.617. The van der Waals surface area contributed by atoms with Crippen molar-refractivity contribution in [2.45, 2.75) is 31.9 Å². The number of aliphatic carboxylic acids is 1. The van der Waals surface area contributed by atoms with Crippen LogP contribution in [0.5, 0.6) is 0 Å². The Morgan fingerprint density at radius 2 is 1.55 bits per heavy atom. The highest BCUT2D eigenvalue weighted by Gasteiger charge is 2.29. The van der Waals surface area contributed by atoms with Crippen LogP contribution in [0.2, 0.25) is 0 Å². The molecule has 29 heavy (non-hydrogen) atoms. The fourth-order valence-electron chi connectivity index (χ4n) is 3.17. The largest absolute Gasteiger partial charge is 0.479 e. The van der Waals surface area contributed by atoms with Crippen molar-refractivity contribution in [3.05, 3.63) is 59.7 Å². The van der Waals surface area contributed by atoms with E-state index >= 15 is 0 Å². The number of hydroxylamine groups is 1. The Bertz CT molecular complexity index is 883. The first-order chi connectivity index (χ1) is 13.9. The van der Waals surface area contributed by atoms with E-state index in [2.05, 4.69) is 5.32 Å². The van der Waals surface area contributed by atoms with E-state index in [4.69, 9.17) is 14.7 Å². The molecule has 2 aromatic carbocycles.